The number of unbranched alkanes of at least 4 members (excludes halogenated alkanes) is 3. The molecule has 1 atom stereocenters. The number of nitrogens with one attached hydrogen (secondary N) is 2. The predicted molar refractivity (Wildman–Crippen MR) is 204 cm³/mol. The van der Waals surface area contributed by atoms with Gasteiger partial charge in [-0.1, -0.05) is 102 Å². The fourth-order valence-corrected chi connectivity index (χ4v) is 7.17. The molecule has 0 aliphatic rings. The molecule has 2 aromatic carbocycles. The molecule has 2 N–H and O–H groups in total. The molecule has 280 valence electrons. The van der Waals surface area contributed by atoms with E-state index in [1.54, 1.807) is 6.07 Å². The van der Waals surface area contributed by atoms with Gasteiger partial charge in [-0.2, -0.15) is 12.1 Å². The first-order valence-electron chi connectivity index (χ1n) is 17.9. The van der Waals surface area contributed by atoms with Crippen molar-refractivity contribution >= 4 is 22.3 Å². The molecular formula is C40H50N6O4OsS-2. The molecule has 5 aromatic rings. The van der Waals surface area contributed by atoms with Gasteiger partial charge < -0.3 is 25.3 Å². The summed E-state index contributed by atoms with van der Waals surface area (Å²) in [7, 11) is 0. The van der Waals surface area contributed by atoms with Gasteiger partial charge in [0.1, 0.15) is 5.75 Å². The third-order valence-electron chi connectivity index (χ3n) is 9.01. The monoisotopic (exact) mass is 902 g/mol. The summed E-state index contributed by atoms with van der Waals surface area (Å²) in [5.41, 5.74) is 12.5. The van der Waals surface area contributed by atoms with Crippen molar-refractivity contribution in [1.82, 2.24) is 20.1 Å². The number of hydrogen-bond donors (Lipinski definition) is 1. The van der Waals surface area contributed by atoms with Crippen molar-refractivity contribution in [3.63, 3.8) is 0 Å². The Morgan fingerprint density at radius 2 is 1.79 bits per heavy atom. The van der Waals surface area contributed by atoms with Crippen LogP contribution >= 0.6 is 11.3 Å². The number of thiazole rings is 1. The molecule has 0 unspecified atom stereocenters. The van der Waals surface area contributed by atoms with Crippen LogP contribution in [-0.4, -0.2) is 39.8 Å². The number of rotatable bonds is 18. The second-order valence-electron chi connectivity index (χ2n) is 14.5. The van der Waals surface area contributed by atoms with E-state index in [-0.39, 0.29) is 5.41 Å². The topological polar surface area (TPSA) is 138 Å². The van der Waals surface area contributed by atoms with Crippen molar-refractivity contribution in [2.24, 2.45) is 5.41 Å². The average Bonchev–Trinajstić information content (AvgIpc) is 3.76. The van der Waals surface area contributed by atoms with Gasteiger partial charge in [-0.25, -0.2) is 4.79 Å². The van der Waals surface area contributed by atoms with Crippen molar-refractivity contribution < 1.29 is 31.4 Å². The third-order valence-corrected chi connectivity index (χ3v) is 9.93. The number of hydrogen-bond acceptors (Lipinski definition) is 9. The molecule has 0 spiro atoms. The molecule has 3 aromatic heterocycles. The van der Waals surface area contributed by atoms with Gasteiger partial charge in [-0.3, -0.25) is 9.51 Å². The Morgan fingerprint density at radius 3 is 2.50 bits per heavy atom. The number of benzene rings is 2. The van der Waals surface area contributed by atoms with Crippen LogP contribution in [0.2, 0.25) is 0 Å². The second-order valence-corrected chi connectivity index (χ2v) is 15.5. The molecule has 10 nitrogen and oxygen atoms in total. The van der Waals surface area contributed by atoms with E-state index >= 15 is 0 Å². The summed E-state index contributed by atoms with van der Waals surface area (Å²) in [6, 6.07) is 22.4. The first-order valence-corrected chi connectivity index (χ1v) is 19.7. The number of anilines is 1. The second kappa shape index (κ2) is 19.7. The zero-order valence-corrected chi connectivity index (χ0v) is 34.2. The van der Waals surface area contributed by atoms with Gasteiger partial charge in [0.05, 0.1) is 6.61 Å². The fraction of sp³-hybridized carbons (Fsp3) is 0.450. The Labute approximate surface area is 321 Å². The first-order chi connectivity index (χ1) is 25.0. The fourth-order valence-electron chi connectivity index (χ4n) is 6.35. The van der Waals surface area contributed by atoms with E-state index in [9.17, 15) is 4.79 Å². The molecular weight excluding hydrogens is 851 g/mol. The summed E-state index contributed by atoms with van der Waals surface area (Å²) in [6.45, 7) is 13.1. The van der Waals surface area contributed by atoms with Crippen molar-refractivity contribution in [2.75, 3.05) is 24.6 Å². The molecule has 0 aliphatic carbocycles. The van der Waals surface area contributed by atoms with Gasteiger partial charge in [0.15, 0.2) is 5.82 Å². The zero-order valence-electron chi connectivity index (χ0n) is 30.8. The molecule has 0 radical (unpaired) electrons. The van der Waals surface area contributed by atoms with Crippen LogP contribution in [0.25, 0.3) is 27.4 Å². The molecule has 0 saturated carbocycles. The van der Waals surface area contributed by atoms with Crippen LogP contribution in [0.1, 0.15) is 91.0 Å². The molecule has 0 bridgehead atoms. The van der Waals surface area contributed by atoms with Crippen LogP contribution in [0.15, 0.2) is 76.0 Å². The third kappa shape index (κ3) is 11.8. The van der Waals surface area contributed by atoms with Crippen LogP contribution in [0.5, 0.6) is 5.75 Å². The Kier molecular flexibility index (Phi) is 15.5. The molecule has 5 rings (SSSR count). The molecule has 12 heteroatoms. The number of aryl methyl sites for hydroxylation is 1. The van der Waals surface area contributed by atoms with E-state index in [1.165, 1.54) is 16.9 Å². The summed E-state index contributed by atoms with van der Waals surface area (Å²) in [5, 5.41) is 4.37. The van der Waals surface area contributed by atoms with Crippen LogP contribution in [0.3, 0.4) is 0 Å². The van der Waals surface area contributed by atoms with Gasteiger partial charge >= 0.3 is 27.8 Å². The molecule has 0 fully saturated rings. The number of aromatic amines is 1. The number of pyridine rings is 1. The van der Waals surface area contributed by atoms with Gasteiger partial charge in [-0.15, -0.1) is 17.4 Å². The quantitative estimate of drug-likeness (QED) is 0.0678. The SMILES string of the molecule is CCC[C@](C)(CN(CCCCCCc1ccccc1-c1nc([NH-])sc1-c1cccc(OCCC(C)(C)C)c1)c1ccc[c-]n1)c1noc(=O)[nH]1.[O]=[Os]. The maximum atomic E-state index is 11.8. The van der Waals surface area contributed by atoms with E-state index in [2.05, 4.69) is 97.2 Å². The van der Waals surface area contributed by atoms with Crippen LogP contribution in [0.4, 0.5) is 10.9 Å². The minimum atomic E-state index is -0.529. The number of ether oxygens (including phenoxy) is 1. The summed E-state index contributed by atoms with van der Waals surface area (Å²) in [5.74, 6) is 1.75. The van der Waals surface area contributed by atoms with Crippen molar-refractivity contribution in [3.05, 3.63) is 101 Å². The first kappa shape index (κ1) is 40.8. The van der Waals surface area contributed by atoms with E-state index in [4.69, 9.17) is 23.5 Å². The standard InChI is InChI=1S/C40H51N6O3S.O.Os/c1-6-22-40(5,36-44-38(47)49-45-36)28-46(33-21-12-13-24-42-33)25-14-8-7-9-16-29-17-10-11-20-32(29)34-35(50-37(41)43-34)30-18-15-19-31(27-30)48-26-23-39(2,3)4;;/h10-13,15,17-21,27H,6-9,14,16,22-23,25-26,28H2,1-5H3,(H3,41,43,44,45,47);;/q-1;;/p-1/t40-;;/m1../s1. The van der Waals surface area contributed by atoms with Crippen molar-refractivity contribution in [2.45, 2.75) is 91.4 Å². The van der Waals surface area contributed by atoms with E-state index in [1.807, 2.05) is 24.3 Å². The average molecular weight is 901 g/mol. The summed E-state index contributed by atoms with van der Waals surface area (Å²) >= 11 is 2.02. The Bertz CT molecular complexity index is 1870. The normalized spacial score (nSPS) is 12.5. The van der Waals surface area contributed by atoms with Crippen molar-refractivity contribution in [3.8, 4) is 27.4 Å². The summed E-state index contributed by atoms with van der Waals surface area (Å²) in [4.78, 5) is 27.1. The van der Waals surface area contributed by atoms with Gasteiger partial charge in [0, 0.05) is 29.2 Å². The maximum absolute atomic E-state index is 11.8. The number of aromatic nitrogens is 4. The van der Waals surface area contributed by atoms with Crippen LogP contribution < -0.4 is 15.4 Å². The molecule has 0 amide bonds. The van der Waals surface area contributed by atoms with Crippen molar-refractivity contribution in [1.29, 1.82) is 0 Å². The number of nitrogens with zero attached hydrogens (tertiary/aromatic N) is 4. The van der Waals surface area contributed by atoms with Gasteiger partial charge in [-0.05, 0) is 77.2 Å². The molecule has 0 aliphatic heterocycles. The van der Waals surface area contributed by atoms with Gasteiger partial charge in [0.25, 0.3) is 0 Å². The minimum absolute atomic E-state index is 0.212. The predicted octanol–water partition coefficient (Wildman–Crippen LogP) is 10.1. The molecule has 3 heterocycles. The van der Waals surface area contributed by atoms with E-state index in [0.29, 0.717) is 42.7 Å². The Morgan fingerprint density at radius 1 is 1.00 bits per heavy atom. The summed E-state index contributed by atoms with van der Waals surface area (Å²) in [6.07, 6.45) is 10.9. The van der Waals surface area contributed by atoms with Gasteiger partial charge in [0.2, 0.25) is 0 Å². The number of H-pyrrole nitrogens is 1. The Hall–Kier alpha value is -4.00. The Balaban J connectivity index is 0.00000297. The zero-order chi connectivity index (χ0) is 37.6. The molecule has 52 heavy (non-hydrogen) atoms. The van der Waals surface area contributed by atoms with E-state index < -0.39 is 11.2 Å². The van der Waals surface area contributed by atoms with E-state index in [0.717, 1.165) is 91.2 Å². The van der Waals surface area contributed by atoms with Crippen LogP contribution in [-0.2, 0) is 33.9 Å². The summed E-state index contributed by atoms with van der Waals surface area (Å²) < 4.78 is 19.3. The van der Waals surface area contributed by atoms with Crippen LogP contribution in [0, 0.1) is 11.6 Å². The molecule has 0 saturated heterocycles.